The number of anilines is 2. The van der Waals surface area contributed by atoms with Gasteiger partial charge in [-0.15, -0.1) is 11.3 Å². The van der Waals surface area contributed by atoms with Crippen molar-refractivity contribution in [3.63, 3.8) is 0 Å². The molecule has 1 atom stereocenters. The second-order valence-corrected chi connectivity index (χ2v) is 8.66. The normalized spacial score (nSPS) is 15.3. The number of rotatable bonds is 5. The van der Waals surface area contributed by atoms with Crippen molar-refractivity contribution in [3.05, 3.63) is 94.9 Å². The summed E-state index contributed by atoms with van der Waals surface area (Å²) in [5, 5.41) is 15.2. The number of amides is 2. The molecule has 0 saturated carbocycles. The third-order valence-electron chi connectivity index (χ3n) is 5.80. The molecule has 1 unspecified atom stereocenters. The van der Waals surface area contributed by atoms with Gasteiger partial charge in [0.05, 0.1) is 11.4 Å². The second-order valence-electron chi connectivity index (χ2n) is 7.75. The summed E-state index contributed by atoms with van der Waals surface area (Å²) in [7, 11) is 0. The smallest absolute Gasteiger partial charge is 0.274 e. The number of carbonyl (C=O) groups is 2. The van der Waals surface area contributed by atoms with Crippen LogP contribution in [0.4, 0.5) is 11.4 Å². The molecule has 160 valence electrons. The fourth-order valence-electron chi connectivity index (χ4n) is 4.18. The van der Waals surface area contributed by atoms with Gasteiger partial charge in [0.25, 0.3) is 5.91 Å². The molecule has 7 heteroatoms. The summed E-state index contributed by atoms with van der Waals surface area (Å²) in [4.78, 5) is 26.9. The monoisotopic (exact) mass is 443 g/mol. The molecule has 1 aliphatic heterocycles. The van der Waals surface area contributed by atoms with Crippen molar-refractivity contribution in [1.29, 1.82) is 0 Å². The van der Waals surface area contributed by atoms with E-state index in [1.54, 1.807) is 28.9 Å². The summed E-state index contributed by atoms with van der Waals surface area (Å²) >= 11 is 1.69. The van der Waals surface area contributed by atoms with Gasteiger partial charge in [-0.3, -0.25) is 14.8 Å². The van der Waals surface area contributed by atoms with Gasteiger partial charge in [-0.1, -0.05) is 42.5 Å². The molecule has 0 fully saturated rings. The van der Waals surface area contributed by atoms with Crippen molar-refractivity contribution >= 4 is 44.6 Å². The molecule has 1 aliphatic rings. The van der Waals surface area contributed by atoms with Crippen LogP contribution < -0.4 is 15.7 Å². The minimum absolute atomic E-state index is 0.0322. The van der Waals surface area contributed by atoms with Crippen molar-refractivity contribution in [3.8, 4) is 0 Å². The molecule has 2 heterocycles. The maximum Gasteiger partial charge on any atom is 0.274 e. The first-order valence-corrected chi connectivity index (χ1v) is 11.2. The van der Waals surface area contributed by atoms with Crippen LogP contribution >= 0.6 is 11.3 Å². The molecule has 6 nitrogen and oxygen atoms in total. The first kappa shape index (κ1) is 20.2. The number of carbonyl (C=O) groups excluding carboxylic acids is 2. The van der Waals surface area contributed by atoms with E-state index in [4.69, 9.17) is 5.21 Å². The molecule has 5 rings (SSSR count). The molecule has 0 bridgehead atoms. The van der Waals surface area contributed by atoms with Gasteiger partial charge in [-0.2, -0.15) is 0 Å². The van der Waals surface area contributed by atoms with Crippen LogP contribution in [0.1, 0.15) is 21.5 Å². The van der Waals surface area contributed by atoms with Crippen molar-refractivity contribution in [2.45, 2.75) is 19.0 Å². The third kappa shape index (κ3) is 3.72. The average molecular weight is 444 g/mol. The highest BCUT2D eigenvalue weighted by Gasteiger charge is 2.33. The summed E-state index contributed by atoms with van der Waals surface area (Å²) in [6, 6.07) is 22.7. The van der Waals surface area contributed by atoms with Crippen LogP contribution in [0.3, 0.4) is 0 Å². The zero-order valence-corrected chi connectivity index (χ0v) is 17.9. The van der Waals surface area contributed by atoms with Gasteiger partial charge in [0.15, 0.2) is 0 Å². The lowest BCUT2D eigenvalue weighted by molar-refractivity contribution is -0.117. The molecule has 0 saturated heterocycles. The lowest BCUT2D eigenvalue weighted by Crippen LogP contribution is -2.49. The molecule has 2 amide bonds. The Bertz CT molecular complexity index is 1300. The SMILES string of the molecule is O=C(NO)c1ccc(CN2c3ccccc3NC(=O)C2Cc2csc3ccccc23)cc1. The first-order valence-electron chi connectivity index (χ1n) is 10.3. The topological polar surface area (TPSA) is 81.7 Å². The molecule has 3 N–H and O–H groups in total. The van der Waals surface area contributed by atoms with E-state index in [1.807, 2.05) is 48.5 Å². The Kier molecular flexibility index (Phi) is 5.34. The van der Waals surface area contributed by atoms with Crippen molar-refractivity contribution in [2.75, 3.05) is 10.2 Å². The van der Waals surface area contributed by atoms with Crippen molar-refractivity contribution < 1.29 is 14.8 Å². The second kappa shape index (κ2) is 8.45. The molecule has 1 aromatic heterocycles. The lowest BCUT2D eigenvalue weighted by atomic mass is 9.98. The summed E-state index contributed by atoms with van der Waals surface area (Å²) in [6.07, 6.45) is 0.592. The summed E-state index contributed by atoms with van der Waals surface area (Å²) in [5.74, 6) is -0.586. The minimum Gasteiger partial charge on any atom is -0.353 e. The van der Waals surface area contributed by atoms with E-state index < -0.39 is 5.91 Å². The van der Waals surface area contributed by atoms with Gasteiger partial charge >= 0.3 is 0 Å². The molecule has 3 aromatic carbocycles. The summed E-state index contributed by atoms with van der Waals surface area (Å²) < 4.78 is 1.21. The minimum atomic E-state index is -0.554. The van der Waals surface area contributed by atoms with Crippen LogP contribution in [0, 0.1) is 0 Å². The predicted octanol–water partition coefficient (Wildman–Crippen LogP) is 4.59. The van der Waals surface area contributed by atoms with Crippen LogP contribution in [0.2, 0.25) is 0 Å². The maximum absolute atomic E-state index is 13.2. The number of hydrogen-bond donors (Lipinski definition) is 3. The van der Waals surface area contributed by atoms with Gasteiger partial charge in [0.2, 0.25) is 5.91 Å². The Labute approximate surface area is 189 Å². The molecular weight excluding hydrogens is 422 g/mol. The van der Waals surface area contributed by atoms with Crippen LogP contribution in [-0.2, 0) is 17.8 Å². The molecule has 4 aromatic rings. The van der Waals surface area contributed by atoms with Crippen LogP contribution in [0.5, 0.6) is 0 Å². The zero-order chi connectivity index (χ0) is 22.1. The van der Waals surface area contributed by atoms with Gasteiger partial charge in [0, 0.05) is 23.2 Å². The highest BCUT2D eigenvalue weighted by molar-refractivity contribution is 7.17. The fraction of sp³-hybridized carbons (Fsp3) is 0.120. The largest absolute Gasteiger partial charge is 0.353 e. The number of fused-ring (bicyclic) bond motifs is 2. The van der Waals surface area contributed by atoms with E-state index in [-0.39, 0.29) is 11.9 Å². The quantitative estimate of drug-likeness (QED) is 0.311. The van der Waals surface area contributed by atoms with Gasteiger partial charge < -0.3 is 10.2 Å². The summed E-state index contributed by atoms with van der Waals surface area (Å²) in [6.45, 7) is 0.512. The van der Waals surface area contributed by atoms with Crippen LogP contribution in [0.15, 0.2) is 78.2 Å². The Balaban J connectivity index is 1.50. The van der Waals surface area contributed by atoms with Gasteiger partial charge in [0.1, 0.15) is 6.04 Å². The third-order valence-corrected chi connectivity index (χ3v) is 6.81. The molecular formula is C25H21N3O3S. The van der Waals surface area contributed by atoms with E-state index in [9.17, 15) is 9.59 Å². The maximum atomic E-state index is 13.2. The Morgan fingerprint density at radius 1 is 1.03 bits per heavy atom. The number of nitrogens with zero attached hydrogens (tertiary/aromatic N) is 1. The zero-order valence-electron chi connectivity index (χ0n) is 17.1. The molecule has 0 aliphatic carbocycles. The summed E-state index contributed by atoms with van der Waals surface area (Å²) in [5.41, 5.74) is 5.89. The fourth-order valence-corrected chi connectivity index (χ4v) is 5.15. The van der Waals surface area contributed by atoms with Crippen molar-refractivity contribution in [1.82, 2.24) is 5.48 Å². The number of hydroxylamine groups is 1. The van der Waals surface area contributed by atoms with Gasteiger partial charge in [-0.05, 0) is 52.2 Å². The number of nitrogens with one attached hydrogen (secondary N) is 2. The van der Waals surface area contributed by atoms with E-state index >= 15 is 0 Å². The Hall–Kier alpha value is -3.68. The van der Waals surface area contributed by atoms with E-state index in [0.717, 1.165) is 22.5 Å². The Morgan fingerprint density at radius 3 is 2.59 bits per heavy atom. The van der Waals surface area contributed by atoms with Crippen LogP contribution in [-0.4, -0.2) is 23.1 Å². The predicted molar refractivity (Wildman–Crippen MR) is 126 cm³/mol. The first-order chi connectivity index (χ1) is 15.6. The lowest BCUT2D eigenvalue weighted by Gasteiger charge is -2.38. The van der Waals surface area contributed by atoms with Gasteiger partial charge in [-0.25, -0.2) is 5.48 Å². The number of benzene rings is 3. The molecule has 0 radical (unpaired) electrons. The highest BCUT2D eigenvalue weighted by atomic mass is 32.1. The number of para-hydroxylation sites is 2. The number of thiophene rings is 1. The van der Waals surface area contributed by atoms with E-state index in [2.05, 4.69) is 27.7 Å². The van der Waals surface area contributed by atoms with Crippen molar-refractivity contribution in [2.24, 2.45) is 0 Å². The Morgan fingerprint density at radius 2 is 1.78 bits per heavy atom. The number of hydrogen-bond acceptors (Lipinski definition) is 5. The standard InChI is InChI=1S/C25H21N3O3S/c29-24(27-31)17-11-9-16(10-12-17)14-28-21-7-3-2-6-20(21)26-25(30)22(28)13-18-15-32-23-8-4-1-5-19(18)23/h1-12,15,22,31H,13-14H2,(H,26,30)(H,27,29). The highest BCUT2D eigenvalue weighted by Crippen LogP contribution is 2.36. The van der Waals surface area contributed by atoms with E-state index in [1.165, 1.54) is 10.1 Å². The van der Waals surface area contributed by atoms with Crippen LogP contribution in [0.25, 0.3) is 10.1 Å². The molecule has 0 spiro atoms. The molecule has 32 heavy (non-hydrogen) atoms. The van der Waals surface area contributed by atoms with E-state index in [0.29, 0.717) is 18.5 Å². The average Bonchev–Trinajstić information content (AvgIpc) is 3.24.